The maximum atomic E-state index is 14.7. The number of hydrogen-bond donors (Lipinski definition) is 1. The van der Waals surface area contributed by atoms with E-state index in [1.807, 2.05) is 6.07 Å². The van der Waals surface area contributed by atoms with E-state index in [2.05, 4.69) is 37.9 Å². The molecule has 1 saturated carbocycles. The van der Waals surface area contributed by atoms with Crippen molar-refractivity contribution in [2.45, 2.75) is 37.8 Å². The molecule has 0 atom stereocenters. The summed E-state index contributed by atoms with van der Waals surface area (Å²) >= 11 is 2.13. The molecule has 1 aliphatic rings. The highest BCUT2D eigenvalue weighted by molar-refractivity contribution is 14.1. The number of fused-ring (bicyclic) bond motifs is 2. The zero-order valence-corrected chi connectivity index (χ0v) is 22.5. The van der Waals surface area contributed by atoms with Crippen molar-refractivity contribution in [2.24, 2.45) is 0 Å². The minimum absolute atomic E-state index is 0.00575. The molecular weight excluding hydrogens is 621 g/mol. The number of benzene rings is 1. The average Bonchev–Trinajstić information content (AvgIpc) is 3.27. The third-order valence-electron chi connectivity index (χ3n) is 7.04. The van der Waals surface area contributed by atoms with Gasteiger partial charge in [-0.25, -0.2) is 23.7 Å². The molecule has 0 bridgehead atoms. The molecule has 1 fully saturated rings. The largest absolute Gasteiger partial charge is 0.348 e. The number of rotatable bonds is 4. The van der Waals surface area contributed by atoms with Crippen LogP contribution in [-0.4, -0.2) is 35.5 Å². The Labute approximate surface area is 233 Å². The SMILES string of the molecule is O=C(NC1CCC(n2c(=O)c3cc(F)cnc3n(-c3cccc(I)c3)c2=O)CC1)c1nc2ccccn2c1F. The topological polar surface area (TPSA) is 103 Å². The van der Waals surface area contributed by atoms with Crippen LogP contribution in [0, 0.1) is 15.3 Å². The summed E-state index contributed by atoms with van der Waals surface area (Å²) in [6.07, 6.45) is 4.21. The van der Waals surface area contributed by atoms with Crippen LogP contribution in [0.3, 0.4) is 0 Å². The van der Waals surface area contributed by atoms with E-state index in [9.17, 15) is 23.2 Å². The van der Waals surface area contributed by atoms with E-state index in [1.165, 1.54) is 19.7 Å². The summed E-state index contributed by atoms with van der Waals surface area (Å²) in [4.78, 5) is 48.1. The van der Waals surface area contributed by atoms with Crippen molar-refractivity contribution in [3.05, 3.63) is 103 Å². The molecule has 0 spiro atoms. The smallest absolute Gasteiger partial charge is 0.337 e. The van der Waals surface area contributed by atoms with Gasteiger partial charge in [-0.15, -0.1) is 0 Å². The number of imidazole rings is 1. The second-order valence-electron chi connectivity index (χ2n) is 9.46. The average molecular weight is 642 g/mol. The van der Waals surface area contributed by atoms with Gasteiger partial charge in [-0.3, -0.25) is 18.6 Å². The van der Waals surface area contributed by atoms with Crippen LogP contribution in [0.15, 0.2) is 70.5 Å². The second-order valence-corrected chi connectivity index (χ2v) is 10.7. The number of carbonyl (C=O) groups is 1. The number of hydrogen-bond acceptors (Lipinski definition) is 5. The van der Waals surface area contributed by atoms with Gasteiger partial charge >= 0.3 is 5.69 Å². The molecule has 0 radical (unpaired) electrons. The molecule has 0 aliphatic heterocycles. The maximum Gasteiger partial charge on any atom is 0.337 e. The molecule has 0 saturated heterocycles. The van der Waals surface area contributed by atoms with E-state index in [-0.39, 0.29) is 22.8 Å². The minimum Gasteiger partial charge on any atom is -0.348 e. The van der Waals surface area contributed by atoms with Gasteiger partial charge in [0.2, 0.25) is 5.95 Å². The first kappa shape index (κ1) is 25.3. The summed E-state index contributed by atoms with van der Waals surface area (Å²) in [5.74, 6) is -2.04. The van der Waals surface area contributed by atoms with Gasteiger partial charge < -0.3 is 5.32 Å². The Morgan fingerprint density at radius 2 is 1.82 bits per heavy atom. The van der Waals surface area contributed by atoms with Crippen LogP contribution in [0.5, 0.6) is 0 Å². The van der Waals surface area contributed by atoms with Crippen LogP contribution < -0.4 is 16.6 Å². The van der Waals surface area contributed by atoms with E-state index >= 15 is 0 Å². The van der Waals surface area contributed by atoms with E-state index < -0.39 is 35.0 Å². The molecular formula is C27H21F2IN6O3. The van der Waals surface area contributed by atoms with Gasteiger partial charge in [0, 0.05) is 21.9 Å². The normalized spacial score (nSPS) is 17.5. The van der Waals surface area contributed by atoms with Gasteiger partial charge in [0.25, 0.3) is 11.5 Å². The Hall–Kier alpha value is -3.94. The molecule has 1 N–H and O–H groups in total. The first-order chi connectivity index (χ1) is 18.8. The number of amides is 1. The highest BCUT2D eigenvalue weighted by atomic mass is 127. The van der Waals surface area contributed by atoms with Gasteiger partial charge in [-0.2, -0.15) is 4.39 Å². The second kappa shape index (κ2) is 9.98. The molecule has 6 rings (SSSR count). The number of carbonyl (C=O) groups excluding carboxylic acids is 1. The van der Waals surface area contributed by atoms with Crippen LogP contribution >= 0.6 is 22.6 Å². The number of nitrogens with one attached hydrogen (secondary N) is 1. The molecule has 1 amide bonds. The van der Waals surface area contributed by atoms with Gasteiger partial charge in [0.1, 0.15) is 11.5 Å². The Morgan fingerprint density at radius 1 is 1.03 bits per heavy atom. The Kier molecular flexibility index (Phi) is 6.49. The van der Waals surface area contributed by atoms with Crippen molar-refractivity contribution in [3.63, 3.8) is 0 Å². The molecule has 39 heavy (non-hydrogen) atoms. The van der Waals surface area contributed by atoms with Crippen molar-refractivity contribution in [2.75, 3.05) is 0 Å². The van der Waals surface area contributed by atoms with E-state index in [0.29, 0.717) is 37.0 Å². The molecule has 5 aromatic rings. The lowest BCUT2D eigenvalue weighted by molar-refractivity contribution is 0.0912. The van der Waals surface area contributed by atoms with Gasteiger partial charge in [0.15, 0.2) is 11.3 Å². The predicted molar refractivity (Wildman–Crippen MR) is 148 cm³/mol. The number of nitrogens with zero attached hydrogens (tertiary/aromatic N) is 5. The molecule has 0 unspecified atom stereocenters. The van der Waals surface area contributed by atoms with Crippen molar-refractivity contribution in [3.8, 4) is 5.69 Å². The lowest BCUT2D eigenvalue weighted by Gasteiger charge is -2.30. The Balaban J connectivity index is 1.29. The van der Waals surface area contributed by atoms with Gasteiger partial charge in [0.05, 0.1) is 17.3 Å². The van der Waals surface area contributed by atoms with Gasteiger partial charge in [-0.05, 0) is 84.7 Å². The van der Waals surface area contributed by atoms with Crippen molar-refractivity contribution >= 4 is 45.2 Å². The van der Waals surface area contributed by atoms with E-state index in [4.69, 9.17) is 0 Å². The van der Waals surface area contributed by atoms with E-state index in [0.717, 1.165) is 15.8 Å². The third-order valence-corrected chi connectivity index (χ3v) is 7.71. The summed E-state index contributed by atoms with van der Waals surface area (Å²) in [7, 11) is 0. The highest BCUT2D eigenvalue weighted by Crippen LogP contribution is 2.28. The molecule has 9 nitrogen and oxygen atoms in total. The fourth-order valence-electron chi connectivity index (χ4n) is 5.20. The van der Waals surface area contributed by atoms with Crippen LogP contribution in [0.1, 0.15) is 42.2 Å². The third kappa shape index (κ3) is 4.51. The lowest BCUT2D eigenvalue weighted by Crippen LogP contribution is -2.45. The van der Waals surface area contributed by atoms with Crippen LogP contribution in [0.25, 0.3) is 22.4 Å². The Morgan fingerprint density at radius 3 is 2.56 bits per heavy atom. The molecule has 4 aromatic heterocycles. The Bertz CT molecular complexity index is 1870. The zero-order valence-electron chi connectivity index (χ0n) is 20.4. The number of halogens is 3. The van der Waals surface area contributed by atoms with Crippen molar-refractivity contribution in [1.82, 2.24) is 28.8 Å². The summed E-state index contributed by atoms with van der Waals surface area (Å²) in [6, 6.07) is 12.5. The minimum atomic E-state index is -0.739. The summed E-state index contributed by atoms with van der Waals surface area (Å²) < 4.78 is 33.4. The van der Waals surface area contributed by atoms with Crippen LogP contribution in [0.4, 0.5) is 8.78 Å². The van der Waals surface area contributed by atoms with Crippen molar-refractivity contribution < 1.29 is 13.6 Å². The number of aromatic nitrogens is 5. The molecule has 12 heteroatoms. The molecule has 198 valence electrons. The zero-order chi connectivity index (χ0) is 27.3. The van der Waals surface area contributed by atoms with E-state index in [1.54, 1.807) is 36.4 Å². The summed E-state index contributed by atoms with van der Waals surface area (Å²) in [5, 5.41) is 2.84. The fraction of sp³-hybridized carbons (Fsp3) is 0.222. The fourth-order valence-corrected chi connectivity index (χ4v) is 5.72. The molecule has 4 heterocycles. The standard InChI is InChI=1S/C27H21F2IN6O3/c28-15-12-20-24(31-14-15)35(19-5-3-4-16(30)13-19)27(39)36(26(20)38)18-9-7-17(8-10-18)32-25(37)22-23(29)34-11-2-1-6-21(34)33-22/h1-6,11-14,17-18H,7-10H2,(H,32,37). The number of pyridine rings is 2. The maximum absolute atomic E-state index is 14.7. The van der Waals surface area contributed by atoms with Gasteiger partial charge in [-0.1, -0.05) is 12.1 Å². The van der Waals surface area contributed by atoms with Crippen LogP contribution in [-0.2, 0) is 0 Å². The van der Waals surface area contributed by atoms with Crippen LogP contribution in [0.2, 0.25) is 0 Å². The summed E-state index contributed by atoms with van der Waals surface area (Å²) in [6.45, 7) is 0. The first-order valence-corrected chi connectivity index (χ1v) is 13.4. The predicted octanol–water partition coefficient (Wildman–Crippen LogP) is 3.99. The van der Waals surface area contributed by atoms with Crippen molar-refractivity contribution in [1.29, 1.82) is 0 Å². The lowest BCUT2D eigenvalue weighted by atomic mass is 9.90. The highest BCUT2D eigenvalue weighted by Gasteiger charge is 2.29. The summed E-state index contributed by atoms with van der Waals surface area (Å²) in [5.41, 5.74) is -0.532. The first-order valence-electron chi connectivity index (χ1n) is 12.3. The molecule has 1 aliphatic carbocycles. The monoisotopic (exact) mass is 642 g/mol. The quantitative estimate of drug-likeness (QED) is 0.299. The molecule has 1 aromatic carbocycles.